The Morgan fingerprint density at radius 3 is 2.82 bits per heavy atom. The molecule has 0 radical (unpaired) electrons. The molecule has 1 amide bonds. The number of rotatable bonds is 3. The van der Waals surface area contributed by atoms with Crippen LogP contribution in [0.1, 0.15) is 25.8 Å². The molecule has 1 N–H and O–H groups in total. The number of aldehydes is 1. The van der Waals surface area contributed by atoms with E-state index in [4.69, 9.17) is 4.74 Å². The molecule has 2 rings (SSSR count). The van der Waals surface area contributed by atoms with E-state index in [9.17, 15) is 14.0 Å². The number of amides is 1. The normalized spacial score (nSPS) is 31.6. The van der Waals surface area contributed by atoms with Crippen molar-refractivity contribution in [2.75, 3.05) is 6.61 Å². The molecule has 1 heterocycles. The minimum Gasteiger partial charge on any atom is -0.375 e. The standard InChI is InChI=1S/C15H16BrF2NO3/c1-9-6-14(18,7-20)15(8-22-9,19-10(2)21)12-5-11(16)3-4-13(12)17/h3-5,7,9H,6,8H2,1-2H3,(H,19,21)/t9-,14+,15+/m0/s1. The number of hydrogen-bond donors (Lipinski definition) is 1. The van der Waals surface area contributed by atoms with Crippen molar-refractivity contribution in [2.45, 2.75) is 37.6 Å². The Hall–Kier alpha value is -1.34. The van der Waals surface area contributed by atoms with E-state index < -0.39 is 29.0 Å². The lowest BCUT2D eigenvalue weighted by atomic mass is 9.72. The number of alkyl halides is 1. The van der Waals surface area contributed by atoms with Crippen LogP contribution in [0.2, 0.25) is 0 Å². The molecule has 0 spiro atoms. The molecule has 22 heavy (non-hydrogen) atoms. The zero-order valence-corrected chi connectivity index (χ0v) is 13.7. The first-order chi connectivity index (χ1) is 10.2. The van der Waals surface area contributed by atoms with Crippen molar-refractivity contribution >= 4 is 28.1 Å². The number of benzene rings is 1. The summed E-state index contributed by atoms with van der Waals surface area (Å²) in [5.41, 5.74) is -4.50. The summed E-state index contributed by atoms with van der Waals surface area (Å²) in [5.74, 6) is -1.31. The van der Waals surface area contributed by atoms with Crippen LogP contribution in [0, 0.1) is 5.82 Å². The summed E-state index contributed by atoms with van der Waals surface area (Å²) in [6.45, 7) is 2.46. The molecule has 4 nitrogen and oxygen atoms in total. The molecule has 1 aromatic rings. The average molecular weight is 376 g/mol. The van der Waals surface area contributed by atoms with Gasteiger partial charge in [0.2, 0.25) is 5.91 Å². The number of hydrogen-bond acceptors (Lipinski definition) is 3. The summed E-state index contributed by atoms with van der Waals surface area (Å²) in [6, 6.07) is 3.95. The van der Waals surface area contributed by atoms with Gasteiger partial charge in [-0.25, -0.2) is 8.78 Å². The largest absolute Gasteiger partial charge is 0.375 e. The second kappa shape index (κ2) is 6.04. The quantitative estimate of drug-likeness (QED) is 0.826. The van der Waals surface area contributed by atoms with Crippen LogP contribution in [0.3, 0.4) is 0 Å². The molecular formula is C15H16BrF2NO3. The van der Waals surface area contributed by atoms with E-state index >= 15 is 4.39 Å². The lowest BCUT2D eigenvalue weighted by Gasteiger charge is -2.47. The fraction of sp³-hybridized carbons (Fsp3) is 0.467. The summed E-state index contributed by atoms with van der Waals surface area (Å²) in [5, 5.41) is 2.41. The third-order valence-corrected chi connectivity index (χ3v) is 4.34. The molecule has 7 heteroatoms. The number of carbonyl (C=O) groups is 2. The predicted molar refractivity (Wildman–Crippen MR) is 79.5 cm³/mol. The van der Waals surface area contributed by atoms with Crippen molar-refractivity contribution < 1.29 is 23.1 Å². The van der Waals surface area contributed by atoms with Gasteiger partial charge >= 0.3 is 0 Å². The maximum absolute atomic E-state index is 15.4. The SMILES string of the molecule is CC(=O)N[C@@]1(c2cc(Br)ccc2F)CO[C@@H](C)C[C@@]1(F)C=O. The first-order valence-electron chi connectivity index (χ1n) is 6.75. The van der Waals surface area contributed by atoms with Crippen LogP contribution in [-0.2, 0) is 19.9 Å². The van der Waals surface area contributed by atoms with E-state index in [2.05, 4.69) is 21.2 Å². The molecule has 120 valence electrons. The van der Waals surface area contributed by atoms with Gasteiger partial charge in [-0.1, -0.05) is 15.9 Å². The summed E-state index contributed by atoms with van der Waals surface area (Å²) in [4.78, 5) is 23.1. The van der Waals surface area contributed by atoms with Gasteiger partial charge in [-0.05, 0) is 25.1 Å². The van der Waals surface area contributed by atoms with Gasteiger partial charge in [0.15, 0.2) is 12.0 Å². The zero-order valence-electron chi connectivity index (χ0n) is 12.2. The molecule has 0 saturated carbocycles. The van der Waals surface area contributed by atoms with Gasteiger partial charge in [-0.15, -0.1) is 0 Å². The molecule has 1 aliphatic rings. The maximum atomic E-state index is 15.4. The van der Waals surface area contributed by atoms with Crippen LogP contribution >= 0.6 is 15.9 Å². The van der Waals surface area contributed by atoms with Crippen LogP contribution in [0.15, 0.2) is 22.7 Å². The highest BCUT2D eigenvalue weighted by Crippen LogP contribution is 2.44. The van der Waals surface area contributed by atoms with Crippen molar-refractivity contribution in [3.63, 3.8) is 0 Å². The van der Waals surface area contributed by atoms with Crippen molar-refractivity contribution in [2.24, 2.45) is 0 Å². The molecule has 0 aromatic heterocycles. The fourth-order valence-corrected chi connectivity index (χ4v) is 3.18. The van der Waals surface area contributed by atoms with E-state index in [1.54, 1.807) is 6.92 Å². The van der Waals surface area contributed by atoms with Crippen LogP contribution in [0.25, 0.3) is 0 Å². The van der Waals surface area contributed by atoms with Gasteiger partial charge in [-0.2, -0.15) is 0 Å². The van der Waals surface area contributed by atoms with E-state index in [1.165, 1.54) is 19.1 Å². The van der Waals surface area contributed by atoms with Crippen molar-refractivity contribution in [1.82, 2.24) is 5.32 Å². The zero-order chi connectivity index (χ0) is 16.5. The number of ether oxygens (including phenoxy) is 1. The van der Waals surface area contributed by atoms with Crippen LogP contribution in [-0.4, -0.2) is 30.6 Å². The Labute approximate surface area is 135 Å². The van der Waals surface area contributed by atoms with E-state index in [-0.39, 0.29) is 24.9 Å². The second-order valence-corrected chi connectivity index (χ2v) is 6.43. The molecule has 0 bridgehead atoms. The number of halogens is 3. The smallest absolute Gasteiger partial charge is 0.217 e. The Balaban J connectivity index is 2.68. The predicted octanol–water partition coefficient (Wildman–Crippen LogP) is 2.64. The van der Waals surface area contributed by atoms with Gasteiger partial charge in [0.25, 0.3) is 0 Å². The number of carbonyl (C=O) groups excluding carboxylic acids is 2. The van der Waals surface area contributed by atoms with Gasteiger partial charge in [-0.3, -0.25) is 9.59 Å². The topological polar surface area (TPSA) is 55.4 Å². The monoisotopic (exact) mass is 375 g/mol. The first kappa shape index (κ1) is 17.0. The first-order valence-corrected chi connectivity index (χ1v) is 7.54. The van der Waals surface area contributed by atoms with Crippen molar-refractivity contribution in [3.05, 3.63) is 34.1 Å². The van der Waals surface area contributed by atoms with Crippen molar-refractivity contribution in [1.29, 1.82) is 0 Å². The summed E-state index contributed by atoms with van der Waals surface area (Å²) < 4.78 is 35.6. The Bertz CT molecular complexity index is 612. The van der Waals surface area contributed by atoms with Crippen LogP contribution in [0.4, 0.5) is 8.78 Å². The summed E-state index contributed by atoms with van der Waals surface area (Å²) in [7, 11) is 0. The lowest BCUT2D eigenvalue weighted by molar-refractivity contribution is -0.156. The van der Waals surface area contributed by atoms with E-state index in [0.717, 1.165) is 6.07 Å². The molecular weight excluding hydrogens is 360 g/mol. The third kappa shape index (κ3) is 2.79. The molecule has 1 saturated heterocycles. The molecule has 0 aliphatic carbocycles. The lowest BCUT2D eigenvalue weighted by Crippen LogP contribution is -2.66. The minimum atomic E-state index is -2.47. The summed E-state index contributed by atoms with van der Waals surface area (Å²) in [6.07, 6.45) is -0.669. The number of nitrogens with one attached hydrogen (secondary N) is 1. The highest BCUT2D eigenvalue weighted by Gasteiger charge is 2.59. The Kier molecular flexibility index (Phi) is 4.67. The maximum Gasteiger partial charge on any atom is 0.217 e. The molecule has 1 aliphatic heterocycles. The van der Waals surface area contributed by atoms with Gasteiger partial charge in [0, 0.05) is 23.4 Å². The Morgan fingerprint density at radius 2 is 2.23 bits per heavy atom. The van der Waals surface area contributed by atoms with Crippen LogP contribution in [0.5, 0.6) is 0 Å². The van der Waals surface area contributed by atoms with Gasteiger partial charge in [0.05, 0.1) is 12.7 Å². The highest BCUT2D eigenvalue weighted by atomic mass is 79.9. The van der Waals surface area contributed by atoms with Gasteiger partial charge in [0.1, 0.15) is 11.4 Å². The molecule has 1 aromatic carbocycles. The van der Waals surface area contributed by atoms with Gasteiger partial charge < -0.3 is 10.1 Å². The van der Waals surface area contributed by atoms with Crippen LogP contribution < -0.4 is 5.32 Å². The average Bonchev–Trinajstić information content (AvgIpc) is 2.44. The Morgan fingerprint density at radius 1 is 1.55 bits per heavy atom. The molecule has 3 atom stereocenters. The summed E-state index contributed by atoms with van der Waals surface area (Å²) >= 11 is 3.19. The highest BCUT2D eigenvalue weighted by molar-refractivity contribution is 9.10. The molecule has 1 fully saturated rings. The van der Waals surface area contributed by atoms with E-state index in [0.29, 0.717) is 4.47 Å². The molecule has 0 unspecified atom stereocenters. The minimum absolute atomic E-state index is 0.126. The second-order valence-electron chi connectivity index (χ2n) is 5.52. The third-order valence-electron chi connectivity index (χ3n) is 3.84. The van der Waals surface area contributed by atoms with E-state index in [1.807, 2.05) is 0 Å². The van der Waals surface area contributed by atoms with Crippen molar-refractivity contribution in [3.8, 4) is 0 Å². The fourth-order valence-electron chi connectivity index (χ4n) is 2.82.